The standard InChI is InChI=1S/C13H12Br4Si2/c14-8-3-1-5-10(12(8)16)18-7-19-11-6-2-4-9(15)13(11)17/h1-6H,7,18-19H2. The number of halogens is 4. The van der Waals surface area contributed by atoms with Crippen LogP contribution in [-0.2, 0) is 0 Å². The van der Waals surface area contributed by atoms with E-state index in [-0.39, 0.29) is 19.0 Å². The summed E-state index contributed by atoms with van der Waals surface area (Å²) in [5.74, 6) is 0. The molecule has 0 aliphatic heterocycles. The van der Waals surface area contributed by atoms with Crippen molar-refractivity contribution >= 4 is 93.1 Å². The molecule has 0 atom stereocenters. The normalized spacial score (nSPS) is 12.0. The molecule has 0 spiro atoms. The summed E-state index contributed by atoms with van der Waals surface area (Å²) in [7, 11) is -0.370. The molecule has 2 aromatic rings. The minimum absolute atomic E-state index is 0.185. The van der Waals surface area contributed by atoms with Crippen LogP contribution in [0.4, 0.5) is 0 Å². The van der Waals surface area contributed by atoms with Crippen LogP contribution in [0.2, 0.25) is 5.67 Å². The Morgan fingerprint density at radius 1 is 0.684 bits per heavy atom. The zero-order valence-corrected chi connectivity index (χ0v) is 19.3. The van der Waals surface area contributed by atoms with Crippen molar-refractivity contribution < 1.29 is 0 Å². The van der Waals surface area contributed by atoms with Crippen molar-refractivity contribution in [3.05, 3.63) is 54.3 Å². The highest BCUT2D eigenvalue weighted by Gasteiger charge is 2.07. The molecule has 0 bridgehead atoms. The molecule has 0 aliphatic carbocycles. The Morgan fingerprint density at radius 3 is 1.53 bits per heavy atom. The molecular formula is C13H12Br4Si2. The third kappa shape index (κ3) is 4.38. The van der Waals surface area contributed by atoms with Crippen molar-refractivity contribution in [2.45, 2.75) is 5.67 Å². The first-order valence-corrected chi connectivity index (χ1v) is 12.5. The summed E-state index contributed by atoms with van der Waals surface area (Å²) < 4.78 is 4.85. The topological polar surface area (TPSA) is 0 Å². The fraction of sp³-hybridized carbons (Fsp3) is 0.0769. The lowest BCUT2D eigenvalue weighted by Crippen LogP contribution is -2.23. The van der Waals surface area contributed by atoms with Gasteiger partial charge in [-0.05, 0) is 75.9 Å². The van der Waals surface area contributed by atoms with Gasteiger partial charge in [-0.1, -0.05) is 40.3 Å². The molecule has 0 radical (unpaired) electrons. The summed E-state index contributed by atoms with van der Waals surface area (Å²) >= 11 is 14.5. The molecule has 100 valence electrons. The van der Waals surface area contributed by atoms with Crippen molar-refractivity contribution in [3.63, 3.8) is 0 Å². The van der Waals surface area contributed by atoms with Gasteiger partial charge in [0.1, 0.15) is 0 Å². The van der Waals surface area contributed by atoms with E-state index >= 15 is 0 Å². The first-order valence-electron chi connectivity index (χ1n) is 5.95. The smallest absolute Gasteiger partial charge is 0.0535 e. The molecule has 0 amide bonds. The maximum absolute atomic E-state index is 3.68. The van der Waals surface area contributed by atoms with Gasteiger partial charge < -0.3 is 0 Å². The SMILES string of the molecule is Brc1cccc([SiH2]C[SiH2]c2cccc(Br)c2Br)c1Br. The molecule has 0 heterocycles. The van der Waals surface area contributed by atoms with E-state index in [2.05, 4.69) is 100 Å². The van der Waals surface area contributed by atoms with Crippen molar-refractivity contribution in [2.24, 2.45) is 0 Å². The Morgan fingerprint density at radius 2 is 1.11 bits per heavy atom. The second-order valence-electron chi connectivity index (χ2n) is 4.28. The largest absolute Gasteiger partial charge is 0.0640 e. The van der Waals surface area contributed by atoms with Gasteiger partial charge in [0, 0.05) is 17.9 Å². The lowest BCUT2D eigenvalue weighted by Gasteiger charge is -2.07. The number of benzene rings is 2. The van der Waals surface area contributed by atoms with E-state index < -0.39 is 0 Å². The van der Waals surface area contributed by atoms with Gasteiger partial charge in [-0.3, -0.25) is 0 Å². The number of hydrogen-bond acceptors (Lipinski definition) is 0. The minimum atomic E-state index is -0.185. The van der Waals surface area contributed by atoms with Gasteiger partial charge in [-0.25, -0.2) is 0 Å². The molecule has 0 saturated heterocycles. The third-order valence-electron chi connectivity index (χ3n) is 2.96. The third-order valence-corrected chi connectivity index (χ3v) is 13.3. The molecule has 0 saturated carbocycles. The zero-order chi connectivity index (χ0) is 13.8. The predicted octanol–water partition coefficient (Wildman–Crippen LogP) is 3.40. The fourth-order valence-electron chi connectivity index (χ4n) is 1.95. The summed E-state index contributed by atoms with van der Waals surface area (Å²) in [6.07, 6.45) is 0. The van der Waals surface area contributed by atoms with E-state index in [9.17, 15) is 0 Å². The molecule has 19 heavy (non-hydrogen) atoms. The Labute approximate surface area is 151 Å². The average Bonchev–Trinajstić information content (AvgIpc) is 2.39. The van der Waals surface area contributed by atoms with Gasteiger partial charge in [0.2, 0.25) is 0 Å². The zero-order valence-electron chi connectivity index (χ0n) is 10.1. The van der Waals surface area contributed by atoms with Crippen LogP contribution in [0, 0.1) is 0 Å². The molecule has 0 nitrogen and oxygen atoms in total. The fourth-order valence-corrected chi connectivity index (χ4v) is 10.2. The molecule has 0 N–H and O–H groups in total. The van der Waals surface area contributed by atoms with E-state index in [4.69, 9.17) is 0 Å². The molecule has 0 unspecified atom stereocenters. The average molecular weight is 544 g/mol. The molecule has 0 aliphatic rings. The van der Waals surface area contributed by atoms with E-state index in [0.29, 0.717) is 0 Å². The van der Waals surface area contributed by atoms with Crippen LogP contribution < -0.4 is 10.4 Å². The second-order valence-corrected chi connectivity index (χ2v) is 12.9. The van der Waals surface area contributed by atoms with Crippen LogP contribution in [0.15, 0.2) is 54.3 Å². The first-order chi connectivity index (χ1) is 9.09. The highest BCUT2D eigenvalue weighted by molar-refractivity contribution is 9.13. The summed E-state index contributed by atoms with van der Waals surface area (Å²) in [6, 6.07) is 13.0. The molecular weight excluding hydrogens is 532 g/mol. The van der Waals surface area contributed by atoms with Gasteiger partial charge in [0.05, 0.1) is 19.0 Å². The van der Waals surface area contributed by atoms with Gasteiger partial charge in [0.15, 0.2) is 0 Å². The van der Waals surface area contributed by atoms with E-state index in [1.807, 2.05) is 0 Å². The number of hydrogen-bond donors (Lipinski definition) is 0. The van der Waals surface area contributed by atoms with Crippen LogP contribution >= 0.6 is 63.7 Å². The molecule has 0 aromatic heterocycles. The van der Waals surface area contributed by atoms with Gasteiger partial charge >= 0.3 is 0 Å². The van der Waals surface area contributed by atoms with Crippen molar-refractivity contribution in [1.29, 1.82) is 0 Å². The van der Waals surface area contributed by atoms with Crippen LogP contribution in [0.5, 0.6) is 0 Å². The Hall–Kier alpha value is 0.794. The van der Waals surface area contributed by atoms with Crippen molar-refractivity contribution in [3.8, 4) is 0 Å². The molecule has 2 rings (SSSR count). The van der Waals surface area contributed by atoms with E-state index in [0.717, 1.165) is 0 Å². The van der Waals surface area contributed by atoms with E-state index in [1.165, 1.54) is 33.9 Å². The lowest BCUT2D eigenvalue weighted by atomic mass is 10.4. The maximum atomic E-state index is 3.68. The Kier molecular flexibility index (Phi) is 6.56. The van der Waals surface area contributed by atoms with E-state index in [1.54, 1.807) is 0 Å². The molecule has 0 fully saturated rings. The van der Waals surface area contributed by atoms with Crippen molar-refractivity contribution in [2.75, 3.05) is 0 Å². The first kappa shape index (κ1) is 16.2. The summed E-state index contributed by atoms with van der Waals surface area (Å²) in [5, 5.41) is 3.04. The quantitative estimate of drug-likeness (QED) is 0.519. The van der Waals surface area contributed by atoms with Gasteiger partial charge in [-0.15, -0.1) is 0 Å². The van der Waals surface area contributed by atoms with Crippen molar-refractivity contribution in [1.82, 2.24) is 0 Å². The summed E-state index contributed by atoms with van der Waals surface area (Å²) in [6.45, 7) is 0. The second kappa shape index (κ2) is 7.70. The molecule has 2 aromatic carbocycles. The Balaban J connectivity index is 2.00. The van der Waals surface area contributed by atoms with Crippen LogP contribution in [0.1, 0.15) is 0 Å². The summed E-state index contributed by atoms with van der Waals surface area (Å²) in [5.41, 5.74) is 1.41. The van der Waals surface area contributed by atoms with Crippen LogP contribution in [0.3, 0.4) is 0 Å². The van der Waals surface area contributed by atoms with Gasteiger partial charge in [0.25, 0.3) is 0 Å². The lowest BCUT2D eigenvalue weighted by molar-refractivity contribution is 1.62. The summed E-state index contributed by atoms with van der Waals surface area (Å²) in [4.78, 5) is 0. The van der Waals surface area contributed by atoms with Crippen LogP contribution in [0.25, 0.3) is 0 Å². The van der Waals surface area contributed by atoms with Crippen LogP contribution in [-0.4, -0.2) is 19.0 Å². The highest BCUT2D eigenvalue weighted by atomic mass is 79.9. The molecule has 6 heteroatoms. The maximum Gasteiger partial charge on any atom is 0.0535 e. The Bertz CT molecular complexity index is 535. The number of rotatable bonds is 4. The van der Waals surface area contributed by atoms with Gasteiger partial charge in [-0.2, -0.15) is 0 Å². The predicted molar refractivity (Wildman–Crippen MR) is 105 cm³/mol. The highest BCUT2D eigenvalue weighted by Crippen LogP contribution is 2.21. The monoisotopic (exact) mass is 540 g/mol. The minimum Gasteiger partial charge on any atom is -0.0640 e.